The van der Waals surface area contributed by atoms with Crippen LogP contribution in [0.1, 0.15) is 19.5 Å². The molecule has 0 saturated heterocycles. The summed E-state index contributed by atoms with van der Waals surface area (Å²) in [5.41, 5.74) is -0.0112. The number of hydrogen-bond acceptors (Lipinski definition) is 4. The number of carboxylic acid groups (broad SMARTS) is 1. The predicted molar refractivity (Wildman–Crippen MR) is 45.0 cm³/mol. The van der Waals surface area contributed by atoms with Crippen molar-refractivity contribution in [2.45, 2.75) is 20.3 Å². The molecule has 0 spiro atoms. The number of nitrogens with zero attached hydrogens (tertiary/aromatic N) is 2. The van der Waals surface area contributed by atoms with Crippen LogP contribution in [0.2, 0.25) is 0 Å². The molecule has 0 amide bonds. The first-order chi connectivity index (χ1) is 5.52. The summed E-state index contributed by atoms with van der Waals surface area (Å²) in [5.74, 6) is -0.810. The van der Waals surface area contributed by atoms with E-state index in [4.69, 9.17) is 5.11 Å². The second kappa shape index (κ2) is 3.18. The zero-order chi connectivity index (χ0) is 9.19. The van der Waals surface area contributed by atoms with Gasteiger partial charge in [-0.25, -0.2) is 0 Å². The quantitative estimate of drug-likeness (QED) is 0.770. The number of aliphatic carboxylic acids is 1. The van der Waals surface area contributed by atoms with Crippen molar-refractivity contribution in [2.75, 3.05) is 0 Å². The fourth-order valence-electron chi connectivity index (χ4n) is 0.789. The minimum atomic E-state index is -0.810. The number of aromatic nitrogens is 2. The molecule has 0 bridgehead atoms. The minimum absolute atomic E-state index is 0.429. The van der Waals surface area contributed by atoms with Crippen LogP contribution in [-0.2, 0) is 11.2 Å². The smallest absolute Gasteiger partial charge is 0.309 e. The third-order valence-corrected chi connectivity index (χ3v) is 2.16. The van der Waals surface area contributed by atoms with Crippen molar-refractivity contribution in [1.82, 2.24) is 9.59 Å². The van der Waals surface area contributed by atoms with Crippen LogP contribution in [0.4, 0.5) is 0 Å². The Morgan fingerprint density at radius 1 is 1.75 bits per heavy atom. The second-order valence-electron chi connectivity index (χ2n) is 3.26. The highest BCUT2D eigenvalue weighted by Crippen LogP contribution is 2.20. The number of hydrogen-bond donors (Lipinski definition) is 1. The monoisotopic (exact) mass is 186 g/mol. The summed E-state index contributed by atoms with van der Waals surface area (Å²) in [6.45, 7) is 3.35. The predicted octanol–water partition coefficient (Wildman–Crippen LogP) is 1.19. The maximum absolute atomic E-state index is 10.7. The van der Waals surface area contributed by atoms with E-state index in [0.717, 1.165) is 5.69 Å². The summed E-state index contributed by atoms with van der Waals surface area (Å²) in [6, 6.07) is 0. The van der Waals surface area contributed by atoms with Crippen molar-refractivity contribution in [1.29, 1.82) is 0 Å². The molecule has 66 valence electrons. The van der Waals surface area contributed by atoms with Crippen LogP contribution in [0.5, 0.6) is 0 Å². The molecule has 0 aromatic carbocycles. The average molecular weight is 186 g/mol. The molecule has 1 aromatic heterocycles. The summed E-state index contributed by atoms with van der Waals surface area (Å²) in [4.78, 5) is 10.7. The molecule has 5 heteroatoms. The van der Waals surface area contributed by atoms with Gasteiger partial charge in [-0.2, -0.15) is 0 Å². The van der Waals surface area contributed by atoms with E-state index < -0.39 is 11.4 Å². The van der Waals surface area contributed by atoms with Crippen LogP contribution in [0.25, 0.3) is 0 Å². The van der Waals surface area contributed by atoms with Crippen LogP contribution in [0.3, 0.4) is 0 Å². The first-order valence-electron chi connectivity index (χ1n) is 3.52. The topological polar surface area (TPSA) is 63.1 Å². The van der Waals surface area contributed by atoms with Gasteiger partial charge in [-0.15, -0.1) is 5.10 Å². The average Bonchev–Trinajstić information content (AvgIpc) is 2.38. The fraction of sp³-hybridized carbons (Fsp3) is 0.571. The van der Waals surface area contributed by atoms with E-state index in [1.54, 1.807) is 19.2 Å². The lowest BCUT2D eigenvalue weighted by molar-refractivity contribution is -0.146. The van der Waals surface area contributed by atoms with Gasteiger partial charge in [0, 0.05) is 11.8 Å². The summed E-state index contributed by atoms with van der Waals surface area (Å²) in [7, 11) is 0. The van der Waals surface area contributed by atoms with E-state index in [-0.39, 0.29) is 0 Å². The van der Waals surface area contributed by atoms with Crippen molar-refractivity contribution in [3.63, 3.8) is 0 Å². The zero-order valence-electron chi connectivity index (χ0n) is 6.94. The highest BCUT2D eigenvalue weighted by Gasteiger charge is 2.28. The van der Waals surface area contributed by atoms with Crippen molar-refractivity contribution >= 4 is 17.5 Å². The van der Waals surface area contributed by atoms with Gasteiger partial charge in [0.25, 0.3) is 0 Å². The van der Waals surface area contributed by atoms with Gasteiger partial charge in [-0.05, 0) is 25.4 Å². The molecule has 0 radical (unpaired) electrons. The highest BCUT2D eigenvalue weighted by molar-refractivity contribution is 7.03. The third kappa shape index (κ3) is 2.01. The van der Waals surface area contributed by atoms with Gasteiger partial charge in [0.15, 0.2) is 0 Å². The Kier molecular flexibility index (Phi) is 2.42. The maximum atomic E-state index is 10.7. The van der Waals surface area contributed by atoms with Gasteiger partial charge >= 0.3 is 5.97 Å². The summed E-state index contributed by atoms with van der Waals surface area (Å²) < 4.78 is 3.66. The Morgan fingerprint density at radius 2 is 2.42 bits per heavy atom. The van der Waals surface area contributed by atoms with Crippen molar-refractivity contribution in [2.24, 2.45) is 5.41 Å². The fourth-order valence-corrected chi connectivity index (χ4v) is 1.24. The van der Waals surface area contributed by atoms with E-state index in [2.05, 4.69) is 9.59 Å². The molecule has 0 saturated carbocycles. The molecular weight excluding hydrogens is 176 g/mol. The molecule has 0 aliphatic heterocycles. The Morgan fingerprint density at radius 3 is 2.83 bits per heavy atom. The largest absolute Gasteiger partial charge is 0.481 e. The maximum Gasteiger partial charge on any atom is 0.309 e. The van der Waals surface area contributed by atoms with E-state index in [9.17, 15) is 4.79 Å². The molecular formula is C7H10N2O2S. The molecule has 1 rings (SSSR count). The summed E-state index contributed by atoms with van der Waals surface area (Å²) in [6.07, 6.45) is 0.429. The van der Waals surface area contributed by atoms with Crippen LogP contribution in [0, 0.1) is 5.41 Å². The Hall–Kier alpha value is -0.970. The standard InChI is InChI=1S/C7H10N2O2S/c1-7(2,6(10)11)3-5-4-12-9-8-5/h4H,3H2,1-2H3,(H,10,11). The molecule has 12 heavy (non-hydrogen) atoms. The van der Waals surface area contributed by atoms with Gasteiger partial charge in [-0.1, -0.05) is 4.49 Å². The van der Waals surface area contributed by atoms with Crippen LogP contribution in [0.15, 0.2) is 5.38 Å². The molecule has 0 aliphatic carbocycles. The number of carboxylic acids is 1. The number of rotatable bonds is 3. The molecule has 1 N–H and O–H groups in total. The highest BCUT2D eigenvalue weighted by atomic mass is 32.1. The van der Waals surface area contributed by atoms with E-state index in [1.165, 1.54) is 11.5 Å². The van der Waals surface area contributed by atoms with Crippen LogP contribution >= 0.6 is 11.5 Å². The third-order valence-electron chi connectivity index (χ3n) is 1.61. The normalized spacial score (nSPS) is 11.5. The molecule has 0 fully saturated rings. The Labute approximate surface area is 74.4 Å². The lowest BCUT2D eigenvalue weighted by Crippen LogP contribution is -2.26. The SMILES string of the molecule is CC(C)(Cc1csnn1)C(=O)O. The zero-order valence-corrected chi connectivity index (χ0v) is 7.76. The second-order valence-corrected chi connectivity index (χ2v) is 3.87. The van der Waals surface area contributed by atoms with Crippen molar-refractivity contribution in [3.05, 3.63) is 11.1 Å². The first-order valence-corrected chi connectivity index (χ1v) is 4.35. The van der Waals surface area contributed by atoms with Crippen LogP contribution in [-0.4, -0.2) is 20.7 Å². The summed E-state index contributed by atoms with van der Waals surface area (Å²) in [5, 5.41) is 14.4. The minimum Gasteiger partial charge on any atom is -0.481 e. The first kappa shape index (κ1) is 9.12. The van der Waals surface area contributed by atoms with E-state index in [1.807, 2.05) is 0 Å². The van der Waals surface area contributed by atoms with E-state index >= 15 is 0 Å². The van der Waals surface area contributed by atoms with E-state index in [0.29, 0.717) is 6.42 Å². The molecule has 0 unspecified atom stereocenters. The summed E-state index contributed by atoms with van der Waals surface area (Å²) >= 11 is 1.24. The molecule has 0 atom stereocenters. The van der Waals surface area contributed by atoms with Crippen molar-refractivity contribution in [3.8, 4) is 0 Å². The Bertz CT molecular complexity index is 269. The van der Waals surface area contributed by atoms with Crippen molar-refractivity contribution < 1.29 is 9.90 Å². The molecule has 0 aliphatic rings. The lowest BCUT2D eigenvalue weighted by atomic mass is 9.88. The van der Waals surface area contributed by atoms with Gasteiger partial charge in [-0.3, -0.25) is 4.79 Å². The van der Waals surface area contributed by atoms with Gasteiger partial charge in [0.1, 0.15) is 0 Å². The van der Waals surface area contributed by atoms with Gasteiger partial charge < -0.3 is 5.11 Å². The lowest BCUT2D eigenvalue weighted by Gasteiger charge is -2.16. The Balaban J connectivity index is 2.69. The number of carbonyl (C=O) groups is 1. The molecule has 4 nitrogen and oxygen atoms in total. The molecule has 1 heterocycles. The molecule has 1 aromatic rings. The van der Waals surface area contributed by atoms with Gasteiger partial charge in [0.05, 0.1) is 11.1 Å². The van der Waals surface area contributed by atoms with Gasteiger partial charge in [0.2, 0.25) is 0 Å². The van der Waals surface area contributed by atoms with Crippen LogP contribution < -0.4 is 0 Å².